The molecule has 4 nitrogen and oxygen atoms in total. The lowest BCUT2D eigenvalue weighted by Crippen LogP contribution is -2.28. The van der Waals surface area contributed by atoms with E-state index in [-0.39, 0.29) is 17.6 Å². The van der Waals surface area contributed by atoms with Gasteiger partial charge in [-0.15, -0.1) is 0 Å². The van der Waals surface area contributed by atoms with Crippen LogP contribution in [0.3, 0.4) is 0 Å². The highest BCUT2D eigenvalue weighted by atomic mass is 16.5. The van der Waals surface area contributed by atoms with Gasteiger partial charge in [-0.25, -0.2) is 4.79 Å². The Bertz CT molecular complexity index is 1230. The molecule has 1 heterocycles. The van der Waals surface area contributed by atoms with Crippen LogP contribution in [0.5, 0.6) is 5.75 Å². The summed E-state index contributed by atoms with van der Waals surface area (Å²) in [5.41, 5.74) is 5.11. The molecule has 0 bridgehead atoms. The fourth-order valence-electron chi connectivity index (χ4n) is 5.02. The molecule has 1 N–H and O–H groups in total. The Kier molecular flexibility index (Phi) is 6.34. The number of aromatic hydroxyl groups is 1. The molecule has 1 unspecified atom stereocenters. The Labute approximate surface area is 201 Å². The minimum atomic E-state index is -0.514. The van der Waals surface area contributed by atoms with E-state index < -0.39 is 5.41 Å². The van der Waals surface area contributed by atoms with Gasteiger partial charge in [0.15, 0.2) is 0 Å². The van der Waals surface area contributed by atoms with Crippen LogP contribution in [-0.4, -0.2) is 11.1 Å². The third kappa shape index (κ3) is 4.49. The predicted octanol–water partition coefficient (Wildman–Crippen LogP) is 7.24. The maximum absolute atomic E-state index is 13.1. The Morgan fingerprint density at radius 1 is 0.882 bits per heavy atom. The summed E-state index contributed by atoms with van der Waals surface area (Å²) in [6.07, 6.45) is 4.02. The molecule has 0 fully saturated rings. The minimum Gasteiger partial charge on any atom is -0.508 e. The molecule has 0 aliphatic carbocycles. The van der Waals surface area contributed by atoms with Crippen LogP contribution in [0.25, 0.3) is 0 Å². The fourth-order valence-corrected chi connectivity index (χ4v) is 5.02. The number of carbonyl (C=O) groups is 1. The number of rotatable bonds is 4. The molecule has 174 valence electrons. The van der Waals surface area contributed by atoms with Gasteiger partial charge < -0.3 is 14.7 Å². The number of esters is 1. The van der Waals surface area contributed by atoms with E-state index >= 15 is 0 Å². The lowest BCUT2D eigenvalue weighted by Gasteiger charge is -2.35. The highest BCUT2D eigenvalue weighted by Crippen LogP contribution is 2.49. The van der Waals surface area contributed by atoms with Crippen LogP contribution in [-0.2, 0) is 4.74 Å². The number of nitrogens with zero attached hydrogens (tertiary/aromatic N) is 1. The SMILES string of the molecule is CC1=CN(c2c(C)cc(O)cc2C)C=C(OC(=O)c2ccccc2)C(C)(C)C1c1ccccc1. The summed E-state index contributed by atoms with van der Waals surface area (Å²) >= 11 is 0. The molecule has 3 aromatic rings. The first-order chi connectivity index (χ1) is 16.2. The molecule has 1 aliphatic heterocycles. The van der Waals surface area contributed by atoms with Gasteiger partial charge in [0.2, 0.25) is 0 Å². The van der Waals surface area contributed by atoms with Gasteiger partial charge in [-0.3, -0.25) is 0 Å². The van der Waals surface area contributed by atoms with Gasteiger partial charge in [-0.05, 0) is 67.3 Å². The van der Waals surface area contributed by atoms with Gasteiger partial charge in [0.05, 0.1) is 11.3 Å². The summed E-state index contributed by atoms with van der Waals surface area (Å²) in [5, 5.41) is 10.1. The summed E-state index contributed by atoms with van der Waals surface area (Å²) in [4.78, 5) is 15.2. The van der Waals surface area contributed by atoms with Crippen LogP contribution in [0.2, 0.25) is 0 Å². The van der Waals surface area contributed by atoms with Crippen molar-refractivity contribution in [2.75, 3.05) is 4.90 Å². The molecule has 0 spiro atoms. The molecule has 34 heavy (non-hydrogen) atoms. The molecular weight excluding hydrogens is 422 g/mol. The summed E-state index contributed by atoms with van der Waals surface area (Å²) in [5.74, 6) is 0.420. The van der Waals surface area contributed by atoms with E-state index in [1.807, 2.05) is 61.3 Å². The molecule has 0 saturated heterocycles. The largest absolute Gasteiger partial charge is 0.508 e. The van der Waals surface area contributed by atoms with Gasteiger partial charge in [0, 0.05) is 23.7 Å². The van der Waals surface area contributed by atoms with E-state index in [0.717, 1.165) is 28.0 Å². The number of carbonyl (C=O) groups excluding carboxylic acids is 1. The maximum Gasteiger partial charge on any atom is 0.343 e. The standard InChI is InChI=1S/C30H31NO3/c1-20-16-25(32)17-21(2)28(20)31-18-22(3)27(23-12-8-6-9-13-23)30(4,5)26(19-31)34-29(33)24-14-10-7-11-15-24/h6-19,27,32H,1-5H3. The van der Waals surface area contributed by atoms with E-state index in [1.165, 1.54) is 0 Å². The summed E-state index contributed by atoms with van der Waals surface area (Å²) < 4.78 is 6.13. The Hall–Kier alpha value is -3.79. The lowest BCUT2D eigenvalue weighted by atomic mass is 9.70. The number of allylic oxidation sites excluding steroid dienone is 2. The van der Waals surface area contributed by atoms with Crippen molar-refractivity contribution in [2.45, 2.75) is 40.5 Å². The molecule has 0 radical (unpaired) electrons. The van der Waals surface area contributed by atoms with Crippen molar-refractivity contribution in [3.05, 3.63) is 119 Å². The van der Waals surface area contributed by atoms with Crippen LogP contribution in [0.4, 0.5) is 5.69 Å². The average molecular weight is 454 g/mol. The fraction of sp³-hybridized carbons (Fsp3) is 0.233. The number of phenolic OH excluding ortho intramolecular Hbond substituents is 1. The van der Waals surface area contributed by atoms with Crippen LogP contribution in [0.1, 0.15) is 53.7 Å². The van der Waals surface area contributed by atoms with Crippen LogP contribution >= 0.6 is 0 Å². The molecule has 0 aromatic heterocycles. The van der Waals surface area contributed by atoms with E-state index in [1.54, 1.807) is 24.3 Å². The first-order valence-electron chi connectivity index (χ1n) is 11.5. The topological polar surface area (TPSA) is 49.8 Å². The number of hydrogen-bond donors (Lipinski definition) is 1. The van der Waals surface area contributed by atoms with Crippen LogP contribution in [0.15, 0.2) is 96.5 Å². The number of benzene rings is 3. The molecule has 4 heteroatoms. The smallest absolute Gasteiger partial charge is 0.343 e. The molecule has 0 saturated carbocycles. The van der Waals surface area contributed by atoms with E-state index in [9.17, 15) is 9.90 Å². The Morgan fingerprint density at radius 2 is 1.44 bits per heavy atom. The van der Waals surface area contributed by atoms with Crippen molar-refractivity contribution in [1.82, 2.24) is 0 Å². The van der Waals surface area contributed by atoms with Crippen molar-refractivity contribution in [3.63, 3.8) is 0 Å². The van der Waals surface area contributed by atoms with Gasteiger partial charge in [0.25, 0.3) is 0 Å². The van der Waals surface area contributed by atoms with Gasteiger partial charge in [0.1, 0.15) is 11.5 Å². The zero-order chi connectivity index (χ0) is 24.5. The quantitative estimate of drug-likeness (QED) is 0.423. The van der Waals surface area contributed by atoms with Crippen molar-refractivity contribution in [3.8, 4) is 5.75 Å². The number of hydrogen-bond acceptors (Lipinski definition) is 4. The van der Waals surface area contributed by atoms with Gasteiger partial charge in [-0.2, -0.15) is 0 Å². The highest BCUT2D eigenvalue weighted by molar-refractivity contribution is 5.90. The maximum atomic E-state index is 13.1. The second-order valence-corrected chi connectivity index (χ2v) is 9.52. The van der Waals surface area contributed by atoms with E-state index in [4.69, 9.17) is 4.74 Å². The lowest BCUT2D eigenvalue weighted by molar-refractivity contribution is 0.0533. The number of ether oxygens (including phenoxy) is 1. The van der Waals surface area contributed by atoms with Crippen molar-refractivity contribution >= 4 is 11.7 Å². The highest BCUT2D eigenvalue weighted by Gasteiger charge is 2.40. The molecule has 4 rings (SSSR count). The number of phenols is 1. The molecule has 3 aromatic carbocycles. The van der Waals surface area contributed by atoms with Crippen molar-refractivity contribution in [1.29, 1.82) is 0 Å². The predicted molar refractivity (Wildman–Crippen MR) is 137 cm³/mol. The zero-order valence-corrected chi connectivity index (χ0v) is 20.4. The second kappa shape index (κ2) is 9.22. The summed E-state index contributed by atoms with van der Waals surface area (Å²) in [6, 6.07) is 22.9. The van der Waals surface area contributed by atoms with Crippen LogP contribution < -0.4 is 4.90 Å². The van der Waals surface area contributed by atoms with Crippen molar-refractivity contribution in [2.24, 2.45) is 5.41 Å². The molecular formula is C30H31NO3. The third-order valence-electron chi connectivity index (χ3n) is 6.49. The number of aryl methyl sites for hydroxylation is 2. The first-order valence-corrected chi connectivity index (χ1v) is 11.5. The van der Waals surface area contributed by atoms with Gasteiger partial charge >= 0.3 is 5.97 Å². The first kappa shape index (κ1) is 23.4. The average Bonchev–Trinajstić information content (AvgIpc) is 2.87. The second-order valence-electron chi connectivity index (χ2n) is 9.52. The molecule has 0 amide bonds. The monoisotopic (exact) mass is 453 g/mol. The number of anilines is 1. The van der Waals surface area contributed by atoms with E-state index in [0.29, 0.717) is 11.3 Å². The molecule has 1 atom stereocenters. The van der Waals surface area contributed by atoms with Crippen molar-refractivity contribution < 1.29 is 14.6 Å². The normalized spacial score (nSPS) is 17.4. The minimum absolute atomic E-state index is 0.00810. The zero-order valence-electron chi connectivity index (χ0n) is 20.4. The Balaban J connectivity index is 1.88. The summed E-state index contributed by atoms with van der Waals surface area (Å²) in [6.45, 7) is 10.3. The van der Waals surface area contributed by atoms with Crippen LogP contribution in [0, 0.1) is 19.3 Å². The van der Waals surface area contributed by atoms with E-state index in [2.05, 4.69) is 39.1 Å². The molecule has 1 aliphatic rings. The summed E-state index contributed by atoms with van der Waals surface area (Å²) in [7, 11) is 0. The van der Waals surface area contributed by atoms with Gasteiger partial charge in [-0.1, -0.05) is 62.4 Å². The Morgan fingerprint density at radius 3 is 2.03 bits per heavy atom. The third-order valence-corrected chi connectivity index (χ3v) is 6.49.